The number of imide groups is 1. The standard InChI is InChI=1S/C26H22ClN3O3/c1-15-5-4-6-21(13-15)30-25(32)23(18-8-11-19(12-9-18)28-17(3)31)24(26(30)33)29-20-10-7-16(2)22(27)14-20/h4-14,29H,1-3H3,(H,28,31). The first-order chi connectivity index (χ1) is 15.7. The molecule has 0 saturated carbocycles. The second-order valence-electron chi connectivity index (χ2n) is 7.88. The molecular formula is C26H22ClN3O3. The Morgan fingerprint density at radius 2 is 1.58 bits per heavy atom. The van der Waals surface area contributed by atoms with Crippen LogP contribution in [-0.2, 0) is 14.4 Å². The van der Waals surface area contributed by atoms with Gasteiger partial charge in [-0.2, -0.15) is 0 Å². The lowest BCUT2D eigenvalue weighted by Crippen LogP contribution is -2.32. The van der Waals surface area contributed by atoms with Gasteiger partial charge in [-0.3, -0.25) is 14.4 Å². The number of nitrogens with one attached hydrogen (secondary N) is 2. The molecule has 33 heavy (non-hydrogen) atoms. The van der Waals surface area contributed by atoms with Crippen molar-refractivity contribution in [3.63, 3.8) is 0 Å². The molecule has 1 aliphatic rings. The fourth-order valence-corrected chi connectivity index (χ4v) is 3.83. The molecule has 0 bridgehead atoms. The van der Waals surface area contributed by atoms with Gasteiger partial charge in [0, 0.05) is 23.3 Å². The molecule has 0 saturated heterocycles. The molecule has 6 nitrogen and oxygen atoms in total. The summed E-state index contributed by atoms with van der Waals surface area (Å²) in [4.78, 5) is 39.5. The first kappa shape index (κ1) is 22.3. The summed E-state index contributed by atoms with van der Waals surface area (Å²) in [5, 5.41) is 6.36. The van der Waals surface area contributed by atoms with Gasteiger partial charge in [0.25, 0.3) is 11.8 Å². The Kier molecular flexibility index (Phi) is 6.03. The molecular weight excluding hydrogens is 438 g/mol. The summed E-state index contributed by atoms with van der Waals surface area (Å²) in [5.74, 6) is -1.08. The van der Waals surface area contributed by atoms with Crippen LogP contribution < -0.4 is 15.5 Å². The SMILES string of the molecule is CC(=O)Nc1ccc(C2=C(Nc3ccc(C)c(Cl)c3)C(=O)N(c3cccc(C)c3)C2=O)cc1. The molecule has 3 aromatic carbocycles. The molecule has 4 rings (SSSR count). The second-order valence-corrected chi connectivity index (χ2v) is 8.29. The van der Waals surface area contributed by atoms with E-state index >= 15 is 0 Å². The van der Waals surface area contributed by atoms with Crippen LogP contribution in [0.1, 0.15) is 23.6 Å². The van der Waals surface area contributed by atoms with Gasteiger partial charge in [-0.05, 0) is 66.9 Å². The number of carbonyl (C=O) groups excluding carboxylic acids is 3. The third-order valence-corrected chi connectivity index (χ3v) is 5.69. The summed E-state index contributed by atoms with van der Waals surface area (Å²) in [6.07, 6.45) is 0. The molecule has 0 aromatic heterocycles. The normalized spacial score (nSPS) is 13.5. The van der Waals surface area contributed by atoms with Crippen molar-refractivity contribution in [3.8, 4) is 0 Å². The van der Waals surface area contributed by atoms with Gasteiger partial charge in [0.05, 0.1) is 11.3 Å². The van der Waals surface area contributed by atoms with Crippen molar-refractivity contribution in [2.45, 2.75) is 20.8 Å². The average molecular weight is 460 g/mol. The van der Waals surface area contributed by atoms with Crippen molar-refractivity contribution in [3.05, 3.63) is 94.1 Å². The number of nitrogens with zero attached hydrogens (tertiary/aromatic N) is 1. The van der Waals surface area contributed by atoms with Gasteiger partial charge >= 0.3 is 0 Å². The lowest BCUT2D eigenvalue weighted by Gasteiger charge is -2.16. The first-order valence-electron chi connectivity index (χ1n) is 10.4. The van der Waals surface area contributed by atoms with Crippen LogP contribution in [0.15, 0.2) is 72.4 Å². The molecule has 0 atom stereocenters. The fourth-order valence-electron chi connectivity index (χ4n) is 3.65. The number of hydrogen-bond acceptors (Lipinski definition) is 4. The number of amides is 3. The van der Waals surface area contributed by atoms with Crippen LogP contribution in [0.5, 0.6) is 0 Å². The van der Waals surface area contributed by atoms with Gasteiger partial charge < -0.3 is 10.6 Å². The van der Waals surface area contributed by atoms with E-state index in [0.717, 1.165) is 11.1 Å². The predicted octanol–water partition coefficient (Wildman–Crippen LogP) is 5.31. The summed E-state index contributed by atoms with van der Waals surface area (Å²) >= 11 is 6.27. The molecule has 1 heterocycles. The Morgan fingerprint density at radius 3 is 2.21 bits per heavy atom. The fraction of sp³-hybridized carbons (Fsp3) is 0.115. The zero-order valence-corrected chi connectivity index (χ0v) is 19.2. The Labute approximate surface area is 196 Å². The molecule has 0 radical (unpaired) electrons. The van der Waals surface area contributed by atoms with Gasteiger partial charge in [-0.15, -0.1) is 0 Å². The maximum atomic E-state index is 13.5. The van der Waals surface area contributed by atoms with Gasteiger partial charge in [0.1, 0.15) is 5.70 Å². The number of halogens is 1. The van der Waals surface area contributed by atoms with Crippen LogP contribution >= 0.6 is 11.6 Å². The molecule has 0 aliphatic carbocycles. The van der Waals surface area contributed by atoms with Crippen molar-refractivity contribution in [1.82, 2.24) is 0 Å². The van der Waals surface area contributed by atoms with E-state index in [0.29, 0.717) is 27.6 Å². The van der Waals surface area contributed by atoms with Gasteiger partial charge in [0.2, 0.25) is 5.91 Å². The van der Waals surface area contributed by atoms with Gasteiger partial charge in [-0.1, -0.05) is 41.9 Å². The van der Waals surface area contributed by atoms with Crippen LogP contribution in [0.4, 0.5) is 17.1 Å². The molecule has 1 aliphatic heterocycles. The van der Waals surface area contributed by atoms with E-state index in [1.165, 1.54) is 11.8 Å². The topological polar surface area (TPSA) is 78.5 Å². The number of rotatable bonds is 5. The molecule has 3 amide bonds. The van der Waals surface area contributed by atoms with E-state index < -0.39 is 11.8 Å². The minimum Gasteiger partial charge on any atom is -0.350 e. The molecule has 166 valence electrons. The van der Waals surface area contributed by atoms with Crippen LogP contribution in [0, 0.1) is 13.8 Å². The largest absolute Gasteiger partial charge is 0.350 e. The second kappa shape index (κ2) is 8.92. The highest BCUT2D eigenvalue weighted by Gasteiger charge is 2.40. The molecule has 0 unspecified atom stereocenters. The van der Waals surface area contributed by atoms with Crippen LogP contribution in [0.25, 0.3) is 5.57 Å². The van der Waals surface area contributed by atoms with E-state index in [4.69, 9.17) is 11.6 Å². The number of aryl methyl sites for hydroxylation is 2. The third kappa shape index (κ3) is 4.52. The Balaban J connectivity index is 1.80. The highest BCUT2D eigenvalue weighted by atomic mass is 35.5. The first-order valence-corrected chi connectivity index (χ1v) is 10.7. The molecule has 0 fully saturated rings. The van der Waals surface area contributed by atoms with Gasteiger partial charge in [0.15, 0.2) is 0 Å². The number of anilines is 3. The van der Waals surface area contributed by atoms with Crippen molar-refractivity contribution in [2.24, 2.45) is 0 Å². The monoisotopic (exact) mass is 459 g/mol. The predicted molar refractivity (Wildman–Crippen MR) is 131 cm³/mol. The zero-order chi connectivity index (χ0) is 23.7. The quantitative estimate of drug-likeness (QED) is 0.507. The Hall–Kier alpha value is -3.90. The lowest BCUT2D eigenvalue weighted by molar-refractivity contribution is -0.120. The molecule has 0 spiro atoms. The lowest BCUT2D eigenvalue weighted by atomic mass is 10.0. The van der Waals surface area contributed by atoms with Crippen molar-refractivity contribution in [1.29, 1.82) is 0 Å². The highest BCUT2D eigenvalue weighted by Crippen LogP contribution is 2.35. The molecule has 2 N–H and O–H groups in total. The summed E-state index contributed by atoms with van der Waals surface area (Å²) in [6, 6.07) is 19.4. The van der Waals surface area contributed by atoms with Crippen LogP contribution in [0.2, 0.25) is 5.02 Å². The van der Waals surface area contributed by atoms with Crippen LogP contribution in [-0.4, -0.2) is 17.7 Å². The minimum absolute atomic E-state index is 0.161. The maximum absolute atomic E-state index is 13.5. The van der Waals surface area contributed by atoms with E-state index in [2.05, 4.69) is 10.6 Å². The number of hydrogen-bond donors (Lipinski definition) is 2. The van der Waals surface area contributed by atoms with E-state index in [1.807, 2.05) is 26.0 Å². The van der Waals surface area contributed by atoms with Crippen molar-refractivity contribution < 1.29 is 14.4 Å². The minimum atomic E-state index is -0.455. The van der Waals surface area contributed by atoms with E-state index in [1.54, 1.807) is 54.6 Å². The van der Waals surface area contributed by atoms with Crippen molar-refractivity contribution in [2.75, 3.05) is 15.5 Å². The van der Waals surface area contributed by atoms with E-state index in [9.17, 15) is 14.4 Å². The number of carbonyl (C=O) groups is 3. The summed E-state index contributed by atoms with van der Waals surface area (Å²) in [6.45, 7) is 5.21. The van der Waals surface area contributed by atoms with Crippen LogP contribution in [0.3, 0.4) is 0 Å². The third-order valence-electron chi connectivity index (χ3n) is 5.28. The smallest absolute Gasteiger partial charge is 0.282 e. The molecule has 7 heteroatoms. The molecule has 3 aromatic rings. The summed E-state index contributed by atoms with van der Waals surface area (Å²) < 4.78 is 0. The number of benzene rings is 3. The summed E-state index contributed by atoms with van der Waals surface area (Å²) in [5.41, 5.74) is 4.48. The van der Waals surface area contributed by atoms with Crippen molar-refractivity contribution >= 4 is 52.0 Å². The average Bonchev–Trinajstić information content (AvgIpc) is 3.00. The Bertz CT molecular complexity index is 1310. The highest BCUT2D eigenvalue weighted by molar-refractivity contribution is 6.46. The summed E-state index contributed by atoms with van der Waals surface area (Å²) in [7, 11) is 0. The van der Waals surface area contributed by atoms with Gasteiger partial charge in [-0.25, -0.2) is 4.90 Å². The van der Waals surface area contributed by atoms with E-state index in [-0.39, 0.29) is 17.2 Å². The zero-order valence-electron chi connectivity index (χ0n) is 18.4. The maximum Gasteiger partial charge on any atom is 0.282 e. The Morgan fingerprint density at radius 1 is 0.879 bits per heavy atom.